The van der Waals surface area contributed by atoms with E-state index in [1.54, 1.807) is 7.11 Å². The molecule has 0 heterocycles. The van der Waals surface area contributed by atoms with Gasteiger partial charge >= 0.3 is 0 Å². The fourth-order valence-electron chi connectivity index (χ4n) is 2.77. The number of rotatable bonds is 4. The van der Waals surface area contributed by atoms with E-state index in [9.17, 15) is 5.26 Å². The van der Waals surface area contributed by atoms with Crippen molar-refractivity contribution in [1.82, 2.24) is 0 Å². The van der Waals surface area contributed by atoms with Crippen molar-refractivity contribution in [3.63, 3.8) is 0 Å². The highest BCUT2D eigenvalue weighted by Gasteiger charge is 2.44. The standard InChI is InChI=1S/C16H21BrN2O/c1-10-11(2)15(20-5)14(12(3)13(10)17)19(4)9-16(8-18)6-7-16/h6-7,9H2,1-5H3. The molecular weight excluding hydrogens is 316 g/mol. The van der Waals surface area contributed by atoms with Crippen LogP contribution in [0.5, 0.6) is 5.75 Å². The van der Waals surface area contributed by atoms with Crippen LogP contribution in [0.15, 0.2) is 4.47 Å². The predicted octanol–water partition coefficient (Wildman–Crippen LogP) is 4.12. The summed E-state index contributed by atoms with van der Waals surface area (Å²) in [5.74, 6) is 0.916. The lowest BCUT2D eigenvalue weighted by Crippen LogP contribution is -2.27. The average Bonchev–Trinajstić information content (AvgIpc) is 3.20. The Kier molecular flexibility index (Phi) is 4.02. The van der Waals surface area contributed by atoms with E-state index in [1.807, 2.05) is 7.05 Å². The number of anilines is 1. The molecule has 0 aliphatic heterocycles. The Labute approximate surface area is 129 Å². The van der Waals surface area contributed by atoms with Gasteiger partial charge in [-0.15, -0.1) is 0 Å². The van der Waals surface area contributed by atoms with Crippen LogP contribution in [-0.2, 0) is 0 Å². The van der Waals surface area contributed by atoms with Gasteiger partial charge in [0, 0.05) is 18.1 Å². The van der Waals surface area contributed by atoms with E-state index in [2.05, 4.69) is 47.7 Å². The summed E-state index contributed by atoms with van der Waals surface area (Å²) in [7, 11) is 3.76. The van der Waals surface area contributed by atoms with Crippen molar-refractivity contribution >= 4 is 21.6 Å². The molecule has 1 aliphatic rings. The predicted molar refractivity (Wildman–Crippen MR) is 85.5 cm³/mol. The molecule has 0 unspecified atom stereocenters. The van der Waals surface area contributed by atoms with Crippen molar-refractivity contribution in [2.75, 3.05) is 25.6 Å². The van der Waals surface area contributed by atoms with Crippen molar-refractivity contribution < 1.29 is 4.74 Å². The van der Waals surface area contributed by atoms with Gasteiger partial charge in [-0.25, -0.2) is 0 Å². The molecule has 108 valence electrons. The Morgan fingerprint density at radius 2 is 1.85 bits per heavy atom. The van der Waals surface area contributed by atoms with Gasteiger partial charge in [-0.3, -0.25) is 0 Å². The lowest BCUT2D eigenvalue weighted by molar-refractivity contribution is 0.410. The molecule has 1 aromatic carbocycles. The van der Waals surface area contributed by atoms with Gasteiger partial charge in [0.1, 0.15) is 5.75 Å². The van der Waals surface area contributed by atoms with Crippen LogP contribution >= 0.6 is 15.9 Å². The van der Waals surface area contributed by atoms with Gasteiger partial charge in [-0.05, 0) is 50.3 Å². The Morgan fingerprint density at radius 1 is 1.25 bits per heavy atom. The van der Waals surface area contributed by atoms with Crippen molar-refractivity contribution in [2.45, 2.75) is 33.6 Å². The third-order valence-electron chi connectivity index (χ3n) is 4.35. The Balaban J connectivity index is 2.48. The fourth-order valence-corrected chi connectivity index (χ4v) is 3.25. The van der Waals surface area contributed by atoms with E-state index < -0.39 is 0 Å². The minimum atomic E-state index is -0.155. The summed E-state index contributed by atoms with van der Waals surface area (Å²) < 4.78 is 6.76. The highest BCUT2D eigenvalue weighted by atomic mass is 79.9. The topological polar surface area (TPSA) is 36.3 Å². The zero-order valence-corrected chi connectivity index (χ0v) is 14.4. The molecule has 0 radical (unpaired) electrons. The summed E-state index contributed by atoms with van der Waals surface area (Å²) in [6, 6.07) is 2.46. The summed E-state index contributed by atoms with van der Waals surface area (Å²) in [6.07, 6.45) is 2.00. The third kappa shape index (κ3) is 2.40. The molecule has 0 spiro atoms. The summed E-state index contributed by atoms with van der Waals surface area (Å²) in [6.45, 7) is 7.02. The highest BCUT2D eigenvalue weighted by Crippen LogP contribution is 2.48. The highest BCUT2D eigenvalue weighted by molar-refractivity contribution is 9.10. The molecule has 1 aromatic rings. The second-order valence-corrected chi connectivity index (χ2v) is 6.61. The van der Waals surface area contributed by atoms with Crippen LogP contribution in [0.2, 0.25) is 0 Å². The lowest BCUT2D eigenvalue weighted by atomic mass is 10.0. The zero-order valence-electron chi connectivity index (χ0n) is 12.8. The summed E-state index contributed by atoms with van der Waals surface area (Å²) in [5.41, 5.74) is 4.45. The van der Waals surface area contributed by atoms with Crippen LogP contribution in [0.25, 0.3) is 0 Å². The summed E-state index contributed by atoms with van der Waals surface area (Å²) >= 11 is 3.68. The number of hydrogen-bond donors (Lipinski definition) is 0. The van der Waals surface area contributed by atoms with Crippen LogP contribution in [0.1, 0.15) is 29.5 Å². The quantitative estimate of drug-likeness (QED) is 0.829. The van der Waals surface area contributed by atoms with E-state index in [0.717, 1.165) is 40.9 Å². The van der Waals surface area contributed by atoms with Crippen LogP contribution in [0.3, 0.4) is 0 Å². The first kappa shape index (κ1) is 15.2. The molecule has 3 nitrogen and oxygen atoms in total. The molecule has 0 aromatic heterocycles. The van der Waals surface area contributed by atoms with Gasteiger partial charge in [0.2, 0.25) is 0 Å². The first-order chi connectivity index (χ1) is 9.37. The molecule has 0 amide bonds. The number of nitrogens with zero attached hydrogens (tertiary/aromatic N) is 2. The van der Waals surface area contributed by atoms with Gasteiger partial charge in [-0.1, -0.05) is 15.9 Å². The maximum absolute atomic E-state index is 9.28. The van der Waals surface area contributed by atoms with Gasteiger partial charge in [0.25, 0.3) is 0 Å². The van der Waals surface area contributed by atoms with Gasteiger partial charge in [0.15, 0.2) is 0 Å². The maximum Gasteiger partial charge on any atom is 0.145 e. The number of benzene rings is 1. The Morgan fingerprint density at radius 3 is 2.30 bits per heavy atom. The fraction of sp³-hybridized carbons (Fsp3) is 0.562. The first-order valence-corrected chi connectivity index (χ1v) is 7.62. The Bertz CT molecular complexity index is 585. The molecule has 1 aliphatic carbocycles. The molecule has 0 bridgehead atoms. The lowest BCUT2D eigenvalue weighted by Gasteiger charge is -2.28. The molecule has 1 saturated carbocycles. The van der Waals surface area contributed by atoms with E-state index in [1.165, 1.54) is 11.1 Å². The van der Waals surface area contributed by atoms with E-state index in [-0.39, 0.29) is 5.41 Å². The van der Waals surface area contributed by atoms with Crippen LogP contribution < -0.4 is 9.64 Å². The second kappa shape index (κ2) is 5.29. The number of methoxy groups -OCH3 is 1. The molecule has 1 fully saturated rings. The van der Waals surface area contributed by atoms with Crippen LogP contribution in [0.4, 0.5) is 5.69 Å². The monoisotopic (exact) mass is 336 g/mol. The van der Waals surface area contributed by atoms with Crippen molar-refractivity contribution in [3.05, 3.63) is 21.2 Å². The molecule has 4 heteroatoms. The number of ether oxygens (including phenoxy) is 1. The first-order valence-electron chi connectivity index (χ1n) is 6.82. The van der Waals surface area contributed by atoms with E-state index in [4.69, 9.17) is 4.74 Å². The molecule has 0 saturated heterocycles. The molecular formula is C16H21BrN2O. The SMILES string of the molecule is COc1c(C)c(C)c(Br)c(C)c1N(C)CC1(C#N)CC1. The number of halogens is 1. The van der Waals surface area contributed by atoms with Crippen molar-refractivity contribution in [2.24, 2.45) is 5.41 Å². The summed E-state index contributed by atoms with van der Waals surface area (Å²) in [5, 5.41) is 9.28. The molecule has 0 atom stereocenters. The molecule has 2 rings (SSSR count). The largest absolute Gasteiger partial charge is 0.494 e. The Hall–Kier alpha value is -1.21. The number of hydrogen-bond acceptors (Lipinski definition) is 3. The average molecular weight is 337 g/mol. The van der Waals surface area contributed by atoms with Gasteiger partial charge < -0.3 is 9.64 Å². The normalized spacial score (nSPS) is 15.7. The van der Waals surface area contributed by atoms with Gasteiger partial charge in [-0.2, -0.15) is 5.26 Å². The summed E-state index contributed by atoms with van der Waals surface area (Å²) in [4.78, 5) is 2.17. The van der Waals surface area contributed by atoms with Gasteiger partial charge in [0.05, 0.1) is 24.3 Å². The van der Waals surface area contributed by atoms with Crippen LogP contribution in [0, 0.1) is 37.5 Å². The smallest absolute Gasteiger partial charge is 0.145 e. The minimum absolute atomic E-state index is 0.155. The third-order valence-corrected chi connectivity index (χ3v) is 5.54. The van der Waals surface area contributed by atoms with Crippen molar-refractivity contribution in [1.29, 1.82) is 5.26 Å². The zero-order chi connectivity index (χ0) is 15.1. The molecule has 20 heavy (non-hydrogen) atoms. The van der Waals surface area contributed by atoms with E-state index >= 15 is 0 Å². The minimum Gasteiger partial charge on any atom is -0.494 e. The maximum atomic E-state index is 9.28. The van der Waals surface area contributed by atoms with Crippen LogP contribution in [-0.4, -0.2) is 20.7 Å². The van der Waals surface area contributed by atoms with Crippen molar-refractivity contribution in [3.8, 4) is 11.8 Å². The molecule has 0 N–H and O–H groups in total. The number of nitriles is 1. The van der Waals surface area contributed by atoms with E-state index in [0.29, 0.717) is 0 Å². The second-order valence-electron chi connectivity index (χ2n) is 5.82.